The molecule has 5 heteroatoms. The molecule has 5 rings (SSSR count). The third-order valence-electron chi connectivity index (χ3n) is 5.29. The lowest BCUT2D eigenvalue weighted by Crippen LogP contribution is -2.14. The molecule has 1 atom stereocenters. The minimum atomic E-state index is -0.200. The molecule has 0 saturated heterocycles. The Bertz CT molecular complexity index is 1260. The number of nitrogens with two attached hydrogens (primary N) is 1. The van der Waals surface area contributed by atoms with Crippen LogP contribution in [0.3, 0.4) is 0 Å². The van der Waals surface area contributed by atoms with Crippen LogP contribution in [0.25, 0.3) is 33.3 Å². The van der Waals surface area contributed by atoms with Crippen molar-refractivity contribution in [2.24, 2.45) is 5.73 Å². The van der Waals surface area contributed by atoms with Gasteiger partial charge in [-0.2, -0.15) is 0 Å². The SMILES string of the molecule is NC(Cc1ccc(-c2ccncc2)cc1)c1nc2ccc(-c3ccncc3)cc2[nH]1. The summed E-state index contributed by atoms with van der Waals surface area (Å²) in [6.07, 6.45) is 7.93. The lowest BCUT2D eigenvalue weighted by Gasteiger charge is -2.09. The summed E-state index contributed by atoms with van der Waals surface area (Å²) < 4.78 is 0. The Morgan fingerprint density at radius 1 is 0.700 bits per heavy atom. The normalized spacial score (nSPS) is 12.2. The molecule has 3 heterocycles. The zero-order chi connectivity index (χ0) is 20.3. The number of pyridine rings is 2. The Morgan fingerprint density at radius 2 is 1.27 bits per heavy atom. The van der Waals surface area contributed by atoms with E-state index < -0.39 is 0 Å². The minimum Gasteiger partial charge on any atom is -0.341 e. The average molecular weight is 391 g/mol. The highest BCUT2D eigenvalue weighted by Crippen LogP contribution is 2.25. The molecule has 0 radical (unpaired) electrons. The van der Waals surface area contributed by atoms with E-state index in [0.717, 1.165) is 33.5 Å². The number of imidazole rings is 1. The molecule has 1 unspecified atom stereocenters. The van der Waals surface area contributed by atoms with Gasteiger partial charge in [0.1, 0.15) is 5.82 Å². The van der Waals surface area contributed by atoms with Crippen LogP contribution in [0.5, 0.6) is 0 Å². The number of nitrogens with zero attached hydrogens (tertiary/aromatic N) is 3. The summed E-state index contributed by atoms with van der Waals surface area (Å²) in [5.41, 5.74) is 14.1. The Morgan fingerprint density at radius 3 is 1.93 bits per heavy atom. The molecule has 2 aromatic carbocycles. The maximum Gasteiger partial charge on any atom is 0.124 e. The molecule has 3 N–H and O–H groups in total. The number of aromatic nitrogens is 4. The summed E-state index contributed by atoms with van der Waals surface area (Å²) in [5.74, 6) is 0.801. The Labute approximate surface area is 174 Å². The number of rotatable bonds is 5. The van der Waals surface area contributed by atoms with E-state index in [-0.39, 0.29) is 6.04 Å². The molecule has 0 saturated carbocycles. The van der Waals surface area contributed by atoms with Gasteiger partial charge in [0.25, 0.3) is 0 Å². The first kappa shape index (κ1) is 18.2. The van der Waals surface area contributed by atoms with Gasteiger partial charge in [0, 0.05) is 24.8 Å². The van der Waals surface area contributed by atoms with Crippen LogP contribution in [0.1, 0.15) is 17.4 Å². The van der Waals surface area contributed by atoms with E-state index in [4.69, 9.17) is 10.7 Å². The quantitative estimate of drug-likeness (QED) is 0.445. The standard InChI is InChI=1S/C25H21N5/c26-22(15-17-1-3-18(4-2-17)19-7-11-27-12-8-19)25-29-23-6-5-21(16-24(23)30-25)20-9-13-28-14-10-20/h1-14,16,22H,15,26H2,(H,29,30). The molecular formula is C25H21N5. The van der Waals surface area contributed by atoms with Gasteiger partial charge in [-0.15, -0.1) is 0 Å². The van der Waals surface area contributed by atoms with E-state index in [0.29, 0.717) is 6.42 Å². The maximum atomic E-state index is 6.48. The van der Waals surface area contributed by atoms with Gasteiger partial charge >= 0.3 is 0 Å². The van der Waals surface area contributed by atoms with Crippen molar-refractivity contribution in [1.29, 1.82) is 0 Å². The van der Waals surface area contributed by atoms with Gasteiger partial charge < -0.3 is 10.7 Å². The molecule has 3 aromatic heterocycles. The van der Waals surface area contributed by atoms with Crippen molar-refractivity contribution in [1.82, 2.24) is 19.9 Å². The van der Waals surface area contributed by atoms with Crippen LogP contribution in [-0.4, -0.2) is 19.9 Å². The van der Waals surface area contributed by atoms with Crippen molar-refractivity contribution in [2.45, 2.75) is 12.5 Å². The third-order valence-corrected chi connectivity index (χ3v) is 5.29. The second-order valence-electron chi connectivity index (χ2n) is 7.33. The van der Waals surface area contributed by atoms with Crippen LogP contribution in [0.15, 0.2) is 91.5 Å². The van der Waals surface area contributed by atoms with Crippen LogP contribution >= 0.6 is 0 Å². The van der Waals surface area contributed by atoms with Gasteiger partial charge in [-0.05, 0) is 70.6 Å². The maximum absolute atomic E-state index is 6.48. The lowest BCUT2D eigenvalue weighted by atomic mass is 10.0. The van der Waals surface area contributed by atoms with Crippen molar-refractivity contribution in [2.75, 3.05) is 0 Å². The summed E-state index contributed by atoms with van der Waals surface area (Å²) in [4.78, 5) is 16.3. The number of aromatic amines is 1. The van der Waals surface area contributed by atoms with Crippen molar-refractivity contribution < 1.29 is 0 Å². The Kier molecular flexibility index (Phi) is 4.79. The highest BCUT2D eigenvalue weighted by atomic mass is 15.0. The molecule has 0 aliphatic rings. The zero-order valence-electron chi connectivity index (χ0n) is 16.4. The van der Waals surface area contributed by atoms with E-state index in [1.807, 2.05) is 30.3 Å². The highest BCUT2D eigenvalue weighted by molar-refractivity contribution is 5.82. The topological polar surface area (TPSA) is 80.5 Å². The number of benzene rings is 2. The first-order valence-electron chi connectivity index (χ1n) is 9.91. The van der Waals surface area contributed by atoms with Crippen LogP contribution < -0.4 is 5.73 Å². The average Bonchev–Trinajstić information content (AvgIpc) is 3.24. The molecule has 0 aliphatic carbocycles. The highest BCUT2D eigenvalue weighted by Gasteiger charge is 2.13. The number of H-pyrrole nitrogens is 1. The third kappa shape index (κ3) is 3.71. The van der Waals surface area contributed by atoms with Crippen LogP contribution in [-0.2, 0) is 6.42 Å². The Balaban J connectivity index is 1.35. The molecule has 146 valence electrons. The number of fused-ring (bicyclic) bond motifs is 1. The first-order valence-corrected chi connectivity index (χ1v) is 9.91. The Hall–Kier alpha value is -3.83. The largest absolute Gasteiger partial charge is 0.341 e. The van der Waals surface area contributed by atoms with Crippen molar-refractivity contribution in [3.05, 3.63) is 103 Å². The van der Waals surface area contributed by atoms with Gasteiger partial charge in [-0.25, -0.2) is 4.98 Å². The summed E-state index contributed by atoms with van der Waals surface area (Å²) in [6, 6.07) is 22.5. The first-order chi connectivity index (χ1) is 14.8. The van der Waals surface area contributed by atoms with Crippen molar-refractivity contribution in [3.63, 3.8) is 0 Å². The van der Waals surface area contributed by atoms with E-state index in [2.05, 4.69) is 51.4 Å². The summed E-state index contributed by atoms with van der Waals surface area (Å²) in [7, 11) is 0. The molecule has 0 amide bonds. The van der Waals surface area contributed by atoms with Gasteiger partial charge in [0.15, 0.2) is 0 Å². The molecule has 0 bridgehead atoms. The lowest BCUT2D eigenvalue weighted by molar-refractivity contribution is 0.680. The minimum absolute atomic E-state index is 0.200. The summed E-state index contributed by atoms with van der Waals surface area (Å²) in [6.45, 7) is 0. The number of hydrogen-bond donors (Lipinski definition) is 2. The molecule has 0 spiro atoms. The van der Waals surface area contributed by atoms with Crippen molar-refractivity contribution >= 4 is 11.0 Å². The second-order valence-corrected chi connectivity index (χ2v) is 7.33. The van der Waals surface area contributed by atoms with Gasteiger partial charge in [0.2, 0.25) is 0 Å². The number of nitrogens with one attached hydrogen (secondary N) is 1. The second kappa shape index (κ2) is 7.89. The summed E-state index contributed by atoms with van der Waals surface area (Å²) >= 11 is 0. The molecule has 5 aromatic rings. The van der Waals surface area contributed by atoms with E-state index in [1.165, 1.54) is 11.1 Å². The van der Waals surface area contributed by atoms with Gasteiger partial charge in [0.05, 0.1) is 17.1 Å². The van der Waals surface area contributed by atoms with E-state index in [9.17, 15) is 0 Å². The van der Waals surface area contributed by atoms with Crippen LogP contribution in [0.2, 0.25) is 0 Å². The molecule has 5 nitrogen and oxygen atoms in total. The van der Waals surface area contributed by atoms with Gasteiger partial charge in [-0.3, -0.25) is 9.97 Å². The van der Waals surface area contributed by atoms with Crippen molar-refractivity contribution in [3.8, 4) is 22.3 Å². The predicted octanol–water partition coefficient (Wildman–Crippen LogP) is 4.93. The van der Waals surface area contributed by atoms with Crippen LogP contribution in [0.4, 0.5) is 0 Å². The molecular weight excluding hydrogens is 370 g/mol. The fourth-order valence-corrected chi connectivity index (χ4v) is 3.66. The monoisotopic (exact) mass is 391 g/mol. The van der Waals surface area contributed by atoms with Gasteiger partial charge in [-0.1, -0.05) is 30.3 Å². The van der Waals surface area contributed by atoms with E-state index >= 15 is 0 Å². The fraction of sp³-hybridized carbons (Fsp3) is 0.0800. The molecule has 0 aliphatic heterocycles. The smallest absolute Gasteiger partial charge is 0.124 e. The molecule has 30 heavy (non-hydrogen) atoms. The molecule has 0 fully saturated rings. The predicted molar refractivity (Wildman–Crippen MR) is 120 cm³/mol. The zero-order valence-corrected chi connectivity index (χ0v) is 16.4. The van der Waals surface area contributed by atoms with Crippen LogP contribution in [0, 0.1) is 0 Å². The van der Waals surface area contributed by atoms with E-state index in [1.54, 1.807) is 24.8 Å². The fourth-order valence-electron chi connectivity index (χ4n) is 3.66. The number of hydrogen-bond acceptors (Lipinski definition) is 4. The summed E-state index contributed by atoms with van der Waals surface area (Å²) in [5, 5.41) is 0.